The minimum Gasteiger partial charge on any atom is -0.497 e. The molecule has 0 saturated heterocycles. The van der Waals surface area contributed by atoms with Gasteiger partial charge in [-0.15, -0.1) is 12.4 Å². The molecule has 0 aliphatic carbocycles. The van der Waals surface area contributed by atoms with Gasteiger partial charge in [-0.2, -0.15) is 4.98 Å². The number of hydrogen-bond donors (Lipinski definition) is 1. The molecule has 0 spiro atoms. The van der Waals surface area contributed by atoms with E-state index in [0.29, 0.717) is 11.7 Å². The van der Waals surface area contributed by atoms with Crippen molar-refractivity contribution in [2.24, 2.45) is 5.73 Å². The van der Waals surface area contributed by atoms with Crippen molar-refractivity contribution in [3.8, 4) is 17.1 Å². The van der Waals surface area contributed by atoms with Gasteiger partial charge >= 0.3 is 0 Å². The highest BCUT2D eigenvalue weighted by atomic mass is 35.5. The first-order valence-corrected chi connectivity index (χ1v) is 5.48. The summed E-state index contributed by atoms with van der Waals surface area (Å²) >= 11 is 0. The Morgan fingerprint density at radius 1 is 1.44 bits per heavy atom. The minimum absolute atomic E-state index is 0. The van der Waals surface area contributed by atoms with Gasteiger partial charge in [-0.05, 0) is 18.6 Å². The average molecular weight is 270 g/mol. The average Bonchev–Trinajstić information content (AvgIpc) is 2.87. The van der Waals surface area contributed by atoms with E-state index in [2.05, 4.69) is 10.1 Å². The molecular weight excluding hydrogens is 254 g/mol. The number of rotatable bonds is 4. The highest BCUT2D eigenvalue weighted by Crippen LogP contribution is 2.22. The van der Waals surface area contributed by atoms with Gasteiger partial charge in [0, 0.05) is 5.56 Å². The van der Waals surface area contributed by atoms with Gasteiger partial charge in [0.15, 0.2) is 0 Å². The van der Waals surface area contributed by atoms with Gasteiger partial charge in [0.05, 0.1) is 13.2 Å². The summed E-state index contributed by atoms with van der Waals surface area (Å²) in [5, 5.41) is 3.91. The smallest absolute Gasteiger partial charge is 0.243 e. The maximum atomic E-state index is 5.82. The maximum absolute atomic E-state index is 5.82. The Labute approximate surface area is 112 Å². The molecule has 2 aromatic rings. The molecule has 0 aliphatic rings. The molecule has 2 rings (SSSR count). The highest BCUT2D eigenvalue weighted by molar-refractivity contribution is 5.85. The number of hydrogen-bond acceptors (Lipinski definition) is 5. The van der Waals surface area contributed by atoms with E-state index in [9.17, 15) is 0 Å². The van der Waals surface area contributed by atoms with Crippen LogP contribution in [-0.4, -0.2) is 17.3 Å². The fourth-order valence-electron chi connectivity index (χ4n) is 1.44. The molecule has 0 saturated carbocycles. The Bertz CT molecular complexity index is 502. The lowest BCUT2D eigenvalue weighted by molar-refractivity contribution is 0.352. The predicted octanol–water partition coefficient (Wildman–Crippen LogP) is 2.58. The van der Waals surface area contributed by atoms with Crippen molar-refractivity contribution < 1.29 is 9.26 Å². The number of aromatic nitrogens is 2. The molecule has 18 heavy (non-hydrogen) atoms. The van der Waals surface area contributed by atoms with Crippen molar-refractivity contribution in [2.45, 2.75) is 19.4 Å². The predicted molar refractivity (Wildman–Crippen MR) is 70.8 cm³/mol. The van der Waals surface area contributed by atoms with Crippen LogP contribution in [0.4, 0.5) is 0 Å². The third kappa shape index (κ3) is 3.00. The number of halogens is 1. The maximum Gasteiger partial charge on any atom is 0.243 e. The zero-order valence-electron chi connectivity index (χ0n) is 10.3. The Morgan fingerprint density at radius 3 is 2.89 bits per heavy atom. The number of nitrogens with zero attached hydrogens (tertiary/aromatic N) is 2. The van der Waals surface area contributed by atoms with Crippen LogP contribution in [0.1, 0.15) is 25.3 Å². The second-order valence-corrected chi connectivity index (χ2v) is 3.70. The summed E-state index contributed by atoms with van der Waals surface area (Å²) in [7, 11) is 1.62. The van der Waals surface area contributed by atoms with Crippen molar-refractivity contribution in [2.75, 3.05) is 7.11 Å². The van der Waals surface area contributed by atoms with Crippen molar-refractivity contribution in [3.05, 3.63) is 30.2 Å². The summed E-state index contributed by atoms with van der Waals surface area (Å²) in [6, 6.07) is 7.29. The summed E-state index contributed by atoms with van der Waals surface area (Å²) < 4.78 is 10.3. The van der Waals surface area contributed by atoms with Gasteiger partial charge in [-0.25, -0.2) is 0 Å². The Morgan fingerprint density at radius 2 is 2.22 bits per heavy atom. The molecule has 5 nitrogen and oxygen atoms in total. The standard InChI is InChI=1S/C12H15N3O2.ClH/c1-3-10(13)12-14-11(15-17-12)8-5-4-6-9(7-8)16-2;/h4-7,10H,3,13H2,1-2H3;1H/t10-;/m0./s1. The second-order valence-electron chi connectivity index (χ2n) is 3.70. The van der Waals surface area contributed by atoms with E-state index in [1.807, 2.05) is 31.2 Å². The van der Waals surface area contributed by atoms with Crippen LogP contribution in [0.15, 0.2) is 28.8 Å². The van der Waals surface area contributed by atoms with E-state index in [-0.39, 0.29) is 18.4 Å². The Hall–Kier alpha value is -1.59. The number of nitrogens with two attached hydrogens (primary N) is 1. The van der Waals surface area contributed by atoms with E-state index in [1.54, 1.807) is 7.11 Å². The van der Waals surface area contributed by atoms with Gasteiger partial charge in [0.25, 0.3) is 0 Å². The molecule has 6 heteroatoms. The van der Waals surface area contributed by atoms with Crippen LogP contribution >= 0.6 is 12.4 Å². The number of benzene rings is 1. The van der Waals surface area contributed by atoms with Crippen LogP contribution in [0.2, 0.25) is 0 Å². The van der Waals surface area contributed by atoms with E-state index in [1.165, 1.54) is 0 Å². The van der Waals surface area contributed by atoms with Gasteiger partial charge in [0.2, 0.25) is 11.7 Å². The molecule has 1 aromatic carbocycles. The Kier molecular flexibility index (Phi) is 5.12. The molecule has 0 radical (unpaired) electrons. The highest BCUT2D eigenvalue weighted by Gasteiger charge is 2.14. The van der Waals surface area contributed by atoms with Crippen LogP contribution in [0.5, 0.6) is 5.75 Å². The normalized spacial score (nSPS) is 11.7. The SMILES string of the molecule is CC[C@H](N)c1nc(-c2cccc(OC)c2)no1.Cl. The van der Waals surface area contributed by atoms with Crippen LogP contribution in [0.25, 0.3) is 11.4 Å². The van der Waals surface area contributed by atoms with Gasteiger partial charge in [-0.1, -0.05) is 24.2 Å². The largest absolute Gasteiger partial charge is 0.497 e. The zero-order chi connectivity index (χ0) is 12.3. The molecule has 1 aromatic heterocycles. The summed E-state index contributed by atoms with van der Waals surface area (Å²) in [6.07, 6.45) is 0.764. The summed E-state index contributed by atoms with van der Waals surface area (Å²) in [4.78, 5) is 4.27. The fourth-order valence-corrected chi connectivity index (χ4v) is 1.44. The van der Waals surface area contributed by atoms with Crippen LogP contribution in [-0.2, 0) is 0 Å². The molecule has 0 fully saturated rings. The first-order valence-electron chi connectivity index (χ1n) is 5.48. The van der Waals surface area contributed by atoms with E-state index in [4.69, 9.17) is 15.0 Å². The van der Waals surface area contributed by atoms with Crippen LogP contribution in [0.3, 0.4) is 0 Å². The molecule has 0 bridgehead atoms. The quantitative estimate of drug-likeness (QED) is 0.923. The second kappa shape index (κ2) is 6.37. The molecule has 98 valence electrons. The molecule has 0 unspecified atom stereocenters. The van der Waals surface area contributed by atoms with E-state index >= 15 is 0 Å². The first-order chi connectivity index (χ1) is 8.24. The molecule has 0 aliphatic heterocycles. The molecule has 0 amide bonds. The van der Waals surface area contributed by atoms with Crippen molar-refractivity contribution in [3.63, 3.8) is 0 Å². The summed E-state index contributed by atoms with van der Waals surface area (Å²) in [6.45, 7) is 1.97. The van der Waals surface area contributed by atoms with Crippen molar-refractivity contribution in [1.82, 2.24) is 10.1 Å². The van der Waals surface area contributed by atoms with Gasteiger partial charge < -0.3 is 15.0 Å². The van der Waals surface area contributed by atoms with Gasteiger partial charge in [0.1, 0.15) is 5.75 Å². The molecule has 1 heterocycles. The fraction of sp³-hybridized carbons (Fsp3) is 0.333. The number of ether oxygens (including phenoxy) is 1. The van der Waals surface area contributed by atoms with Crippen molar-refractivity contribution in [1.29, 1.82) is 0 Å². The Balaban J connectivity index is 0.00000162. The monoisotopic (exact) mass is 269 g/mol. The summed E-state index contributed by atoms with van der Waals surface area (Å²) in [5.74, 6) is 1.75. The molecule has 2 N–H and O–H groups in total. The lowest BCUT2D eigenvalue weighted by Gasteiger charge is -2.00. The van der Waals surface area contributed by atoms with Crippen molar-refractivity contribution >= 4 is 12.4 Å². The van der Waals surface area contributed by atoms with Crippen LogP contribution in [0, 0.1) is 0 Å². The molecular formula is C12H16ClN3O2. The summed E-state index contributed by atoms with van der Waals surface area (Å²) in [5.41, 5.74) is 6.67. The minimum atomic E-state index is -0.207. The van der Waals surface area contributed by atoms with E-state index < -0.39 is 0 Å². The molecule has 1 atom stereocenters. The van der Waals surface area contributed by atoms with Gasteiger partial charge in [-0.3, -0.25) is 0 Å². The topological polar surface area (TPSA) is 74.2 Å². The third-order valence-corrected chi connectivity index (χ3v) is 2.53. The zero-order valence-corrected chi connectivity index (χ0v) is 11.1. The number of methoxy groups -OCH3 is 1. The third-order valence-electron chi connectivity index (χ3n) is 2.53. The van der Waals surface area contributed by atoms with E-state index in [0.717, 1.165) is 17.7 Å². The lowest BCUT2D eigenvalue weighted by atomic mass is 10.2. The van der Waals surface area contributed by atoms with Crippen LogP contribution < -0.4 is 10.5 Å². The first kappa shape index (κ1) is 14.5. The lowest BCUT2D eigenvalue weighted by Crippen LogP contribution is -2.08.